The van der Waals surface area contributed by atoms with Crippen LogP contribution in [-0.4, -0.2) is 55.9 Å². The summed E-state index contributed by atoms with van der Waals surface area (Å²) in [5.74, 6) is -0.144. The fourth-order valence-electron chi connectivity index (χ4n) is 4.02. The number of carbonyl (C=O) groups excluding carboxylic acids is 2. The van der Waals surface area contributed by atoms with Crippen LogP contribution in [0.15, 0.2) is 84.9 Å². The van der Waals surface area contributed by atoms with E-state index in [2.05, 4.69) is 5.32 Å². The number of nitrogens with one attached hydrogen (secondary N) is 1. The number of sulfonamides is 1. The van der Waals surface area contributed by atoms with Crippen LogP contribution >= 0.6 is 0 Å². The summed E-state index contributed by atoms with van der Waals surface area (Å²) < 4.78 is 31.8. The van der Waals surface area contributed by atoms with Crippen molar-refractivity contribution in [3.8, 4) is 5.75 Å². The van der Waals surface area contributed by atoms with E-state index >= 15 is 0 Å². The highest BCUT2D eigenvalue weighted by atomic mass is 32.2. The molecule has 0 aromatic heterocycles. The van der Waals surface area contributed by atoms with E-state index in [-0.39, 0.29) is 19.0 Å². The number of nitrogens with zero attached hydrogens (tertiary/aromatic N) is 2. The molecule has 2 amide bonds. The van der Waals surface area contributed by atoms with Crippen LogP contribution in [0.4, 0.5) is 0 Å². The normalized spacial score (nSPS) is 12.1. The first-order valence-corrected chi connectivity index (χ1v) is 14.3. The van der Waals surface area contributed by atoms with Gasteiger partial charge >= 0.3 is 0 Å². The van der Waals surface area contributed by atoms with Crippen molar-refractivity contribution >= 4 is 21.8 Å². The van der Waals surface area contributed by atoms with Crippen molar-refractivity contribution in [2.45, 2.75) is 32.5 Å². The Hall–Kier alpha value is -3.69. The first-order chi connectivity index (χ1) is 18.2. The number of carbonyl (C=O) groups is 2. The van der Waals surface area contributed by atoms with E-state index in [0.717, 1.165) is 28.1 Å². The molecule has 0 saturated carbocycles. The van der Waals surface area contributed by atoms with Crippen LogP contribution in [0.1, 0.15) is 36.1 Å². The van der Waals surface area contributed by atoms with Gasteiger partial charge in [-0.15, -0.1) is 0 Å². The third-order valence-corrected chi connectivity index (χ3v) is 7.24. The summed E-state index contributed by atoms with van der Waals surface area (Å²) in [5, 5.41) is 2.91. The molecule has 0 aliphatic carbocycles. The van der Waals surface area contributed by atoms with Gasteiger partial charge in [0.1, 0.15) is 11.8 Å². The van der Waals surface area contributed by atoms with Gasteiger partial charge in [0.05, 0.1) is 19.9 Å². The van der Waals surface area contributed by atoms with Gasteiger partial charge in [-0.2, -0.15) is 4.31 Å². The van der Waals surface area contributed by atoms with Gasteiger partial charge in [-0.05, 0) is 35.2 Å². The molecular weight excluding hydrogens is 502 g/mol. The van der Waals surface area contributed by atoms with Crippen molar-refractivity contribution < 1.29 is 22.7 Å². The van der Waals surface area contributed by atoms with Crippen molar-refractivity contribution in [3.05, 3.63) is 102 Å². The Bertz CT molecular complexity index is 1280. The lowest BCUT2D eigenvalue weighted by molar-refractivity contribution is -0.141. The minimum Gasteiger partial charge on any atom is -0.497 e. The Kier molecular flexibility index (Phi) is 10.4. The van der Waals surface area contributed by atoms with Gasteiger partial charge < -0.3 is 15.0 Å². The molecule has 0 unspecified atom stereocenters. The molecule has 0 spiro atoms. The third-order valence-electron chi connectivity index (χ3n) is 6.04. The average Bonchev–Trinajstić information content (AvgIpc) is 2.92. The van der Waals surface area contributed by atoms with Crippen LogP contribution in [0, 0.1) is 0 Å². The van der Waals surface area contributed by atoms with Crippen LogP contribution < -0.4 is 10.1 Å². The molecule has 1 N–H and O–H groups in total. The average molecular weight is 538 g/mol. The number of hydrogen-bond donors (Lipinski definition) is 1. The molecule has 0 radical (unpaired) electrons. The minimum absolute atomic E-state index is 0.0415. The summed E-state index contributed by atoms with van der Waals surface area (Å²) >= 11 is 0. The monoisotopic (exact) mass is 537 g/mol. The number of benzene rings is 3. The summed E-state index contributed by atoms with van der Waals surface area (Å²) in [5.41, 5.74) is 2.17. The van der Waals surface area contributed by atoms with E-state index < -0.39 is 28.5 Å². The second-order valence-electron chi connectivity index (χ2n) is 8.99. The van der Waals surface area contributed by atoms with Gasteiger partial charge in [-0.3, -0.25) is 9.59 Å². The first-order valence-electron chi connectivity index (χ1n) is 12.5. The highest BCUT2D eigenvalue weighted by Gasteiger charge is 2.33. The molecule has 9 heteroatoms. The Morgan fingerprint density at radius 3 is 2.00 bits per heavy atom. The molecule has 202 valence electrons. The molecule has 1 atom stereocenters. The van der Waals surface area contributed by atoms with Crippen molar-refractivity contribution in [1.82, 2.24) is 14.5 Å². The molecule has 38 heavy (non-hydrogen) atoms. The highest BCUT2D eigenvalue weighted by molar-refractivity contribution is 7.88. The third kappa shape index (κ3) is 8.16. The van der Waals surface area contributed by atoms with E-state index in [1.165, 1.54) is 4.90 Å². The number of amides is 2. The Labute approximate surface area is 225 Å². The molecule has 0 aliphatic heterocycles. The first kappa shape index (κ1) is 28.9. The number of methoxy groups -OCH3 is 1. The molecule has 3 aromatic carbocycles. The van der Waals surface area contributed by atoms with Crippen LogP contribution in [0.2, 0.25) is 0 Å². The van der Waals surface area contributed by atoms with Crippen molar-refractivity contribution in [3.63, 3.8) is 0 Å². The maximum atomic E-state index is 13.9. The summed E-state index contributed by atoms with van der Waals surface area (Å²) in [4.78, 5) is 28.8. The zero-order chi connectivity index (χ0) is 27.5. The van der Waals surface area contributed by atoms with E-state index in [0.29, 0.717) is 17.9 Å². The fourth-order valence-corrected chi connectivity index (χ4v) is 4.75. The van der Waals surface area contributed by atoms with Gasteiger partial charge in [0, 0.05) is 19.6 Å². The molecule has 0 heterocycles. The van der Waals surface area contributed by atoms with E-state index in [1.807, 2.05) is 67.6 Å². The van der Waals surface area contributed by atoms with Gasteiger partial charge in [0.25, 0.3) is 0 Å². The summed E-state index contributed by atoms with van der Waals surface area (Å²) in [7, 11) is -2.16. The maximum absolute atomic E-state index is 13.9. The lowest BCUT2D eigenvalue weighted by atomic mass is 10.0. The number of ether oxygens (including phenoxy) is 1. The van der Waals surface area contributed by atoms with Crippen LogP contribution in [0.3, 0.4) is 0 Å². The Morgan fingerprint density at radius 1 is 0.868 bits per heavy atom. The summed E-state index contributed by atoms with van der Waals surface area (Å²) in [6, 6.07) is 24.4. The van der Waals surface area contributed by atoms with Crippen molar-refractivity contribution in [2.75, 3.05) is 26.5 Å². The van der Waals surface area contributed by atoms with Gasteiger partial charge in [-0.1, -0.05) is 79.7 Å². The van der Waals surface area contributed by atoms with Crippen molar-refractivity contribution in [1.29, 1.82) is 0 Å². The second-order valence-corrected chi connectivity index (χ2v) is 11.0. The SMILES string of the molecule is CCCNC(=O)[C@H](c1ccccc1)N(Cc1ccc(OC)cc1)C(=O)CN(Cc1ccccc1)S(C)(=O)=O. The zero-order valence-electron chi connectivity index (χ0n) is 22.0. The van der Waals surface area contributed by atoms with Gasteiger partial charge in [0.2, 0.25) is 21.8 Å². The molecular formula is C29H35N3O5S. The largest absolute Gasteiger partial charge is 0.497 e. The van der Waals surface area contributed by atoms with E-state index in [4.69, 9.17) is 4.74 Å². The summed E-state index contributed by atoms with van der Waals surface area (Å²) in [6.45, 7) is 2.14. The molecule has 0 fully saturated rings. The van der Waals surface area contributed by atoms with Crippen LogP contribution in [-0.2, 0) is 32.7 Å². The molecule has 8 nitrogen and oxygen atoms in total. The number of hydrogen-bond acceptors (Lipinski definition) is 5. The molecule has 3 rings (SSSR count). The Balaban J connectivity index is 2.01. The number of rotatable bonds is 13. The predicted molar refractivity (Wildman–Crippen MR) is 148 cm³/mol. The lowest BCUT2D eigenvalue weighted by Gasteiger charge is -2.33. The molecule has 0 bridgehead atoms. The molecule has 0 aliphatic rings. The van der Waals surface area contributed by atoms with Crippen molar-refractivity contribution in [2.24, 2.45) is 0 Å². The fraction of sp³-hybridized carbons (Fsp3) is 0.310. The topological polar surface area (TPSA) is 96.0 Å². The summed E-state index contributed by atoms with van der Waals surface area (Å²) in [6.07, 6.45) is 1.82. The predicted octanol–water partition coefficient (Wildman–Crippen LogP) is 3.75. The van der Waals surface area contributed by atoms with Gasteiger partial charge in [0.15, 0.2) is 0 Å². The standard InChI is InChI=1S/C29H35N3O5S/c1-4-19-30-29(34)28(25-13-9-6-10-14-25)32(21-24-15-17-26(37-2)18-16-24)27(33)22-31(38(3,35)36)20-23-11-7-5-8-12-23/h5-18,28H,4,19-22H2,1-3H3,(H,30,34)/t28-/m0/s1. The minimum atomic E-state index is -3.73. The van der Waals surface area contributed by atoms with E-state index in [1.54, 1.807) is 31.4 Å². The smallest absolute Gasteiger partial charge is 0.247 e. The van der Waals surface area contributed by atoms with Gasteiger partial charge in [-0.25, -0.2) is 8.42 Å². The molecule has 0 saturated heterocycles. The quantitative estimate of drug-likeness (QED) is 0.358. The highest BCUT2D eigenvalue weighted by Crippen LogP contribution is 2.25. The van der Waals surface area contributed by atoms with Crippen LogP contribution in [0.5, 0.6) is 5.75 Å². The van der Waals surface area contributed by atoms with Crippen LogP contribution in [0.25, 0.3) is 0 Å². The van der Waals surface area contributed by atoms with E-state index in [9.17, 15) is 18.0 Å². The Morgan fingerprint density at radius 2 is 1.45 bits per heavy atom. The lowest BCUT2D eigenvalue weighted by Crippen LogP contribution is -2.47. The maximum Gasteiger partial charge on any atom is 0.247 e. The second kappa shape index (κ2) is 13.7. The zero-order valence-corrected chi connectivity index (χ0v) is 22.9. The molecule has 3 aromatic rings.